The first kappa shape index (κ1) is 13.3. The van der Waals surface area contributed by atoms with E-state index in [0.29, 0.717) is 5.69 Å². The number of hydrogen-bond acceptors (Lipinski definition) is 4. The zero-order valence-electron chi connectivity index (χ0n) is 11.4. The predicted molar refractivity (Wildman–Crippen MR) is 75.6 cm³/mol. The molecule has 0 saturated carbocycles. The van der Waals surface area contributed by atoms with Gasteiger partial charge in [0, 0.05) is 30.4 Å². The van der Waals surface area contributed by atoms with E-state index in [9.17, 15) is 4.79 Å². The summed E-state index contributed by atoms with van der Waals surface area (Å²) in [6, 6.07) is 3.77. The van der Waals surface area contributed by atoms with Crippen molar-refractivity contribution in [1.82, 2.24) is 18.7 Å². The van der Waals surface area contributed by atoms with Gasteiger partial charge < -0.3 is 9.67 Å². The highest BCUT2D eigenvalue weighted by molar-refractivity contribution is 7.97. The summed E-state index contributed by atoms with van der Waals surface area (Å²) in [5.74, 6) is -0.890. The largest absolute Gasteiger partial charge is 0.477 e. The molecule has 6 nitrogen and oxygen atoms in total. The standard InChI is InChI=1S/C13H16N4O2S/c1-9-12(7-11(13(18)19)15(9)2)20-16-5-6-17-10(8-16)3-4-14-17/h3-4,7H,5-6,8H2,1-2H3,(H,18,19). The Morgan fingerprint density at radius 3 is 2.95 bits per heavy atom. The minimum atomic E-state index is -0.890. The van der Waals surface area contributed by atoms with E-state index in [-0.39, 0.29) is 0 Å². The van der Waals surface area contributed by atoms with Gasteiger partial charge in [-0.15, -0.1) is 0 Å². The van der Waals surface area contributed by atoms with E-state index in [1.165, 1.54) is 5.69 Å². The maximum absolute atomic E-state index is 11.2. The second-order valence-corrected chi connectivity index (χ2v) is 5.98. The Kier molecular flexibility index (Phi) is 3.31. The van der Waals surface area contributed by atoms with Gasteiger partial charge >= 0.3 is 5.97 Å². The second kappa shape index (κ2) is 4.99. The van der Waals surface area contributed by atoms with Gasteiger partial charge in [-0.1, -0.05) is 0 Å². The lowest BCUT2D eigenvalue weighted by molar-refractivity contribution is 0.0686. The zero-order chi connectivity index (χ0) is 14.3. The van der Waals surface area contributed by atoms with Crippen LogP contribution in [0.2, 0.25) is 0 Å². The van der Waals surface area contributed by atoms with Crippen LogP contribution < -0.4 is 0 Å². The first-order valence-electron chi connectivity index (χ1n) is 6.39. The third-order valence-electron chi connectivity index (χ3n) is 3.64. The number of nitrogens with zero attached hydrogens (tertiary/aromatic N) is 4. The minimum absolute atomic E-state index is 0.326. The van der Waals surface area contributed by atoms with Crippen molar-refractivity contribution in [3.63, 3.8) is 0 Å². The molecule has 2 aromatic heterocycles. The molecular formula is C13H16N4O2S. The first-order chi connectivity index (χ1) is 9.56. The number of fused-ring (bicyclic) bond motifs is 1. The third-order valence-corrected chi connectivity index (χ3v) is 4.82. The Labute approximate surface area is 121 Å². The van der Waals surface area contributed by atoms with E-state index in [4.69, 9.17) is 5.11 Å². The van der Waals surface area contributed by atoms with E-state index < -0.39 is 5.97 Å². The van der Waals surface area contributed by atoms with Crippen LogP contribution in [-0.4, -0.2) is 36.3 Å². The van der Waals surface area contributed by atoms with Crippen molar-refractivity contribution in [3.05, 3.63) is 35.4 Å². The van der Waals surface area contributed by atoms with Crippen LogP contribution in [0.1, 0.15) is 21.9 Å². The molecule has 1 N–H and O–H groups in total. The van der Waals surface area contributed by atoms with Gasteiger partial charge in [-0.2, -0.15) is 5.10 Å². The summed E-state index contributed by atoms with van der Waals surface area (Å²) in [6.07, 6.45) is 1.82. The van der Waals surface area contributed by atoms with Crippen molar-refractivity contribution >= 4 is 17.9 Å². The van der Waals surface area contributed by atoms with Crippen molar-refractivity contribution < 1.29 is 9.90 Å². The van der Waals surface area contributed by atoms with Crippen LogP contribution in [0.5, 0.6) is 0 Å². The summed E-state index contributed by atoms with van der Waals surface area (Å²) in [5, 5.41) is 13.4. The second-order valence-electron chi connectivity index (χ2n) is 4.84. The van der Waals surface area contributed by atoms with Crippen LogP contribution in [0.15, 0.2) is 23.2 Å². The molecule has 2 aromatic rings. The van der Waals surface area contributed by atoms with Gasteiger partial charge in [-0.3, -0.25) is 4.68 Å². The Morgan fingerprint density at radius 1 is 1.45 bits per heavy atom. The molecule has 0 unspecified atom stereocenters. The summed E-state index contributed by atoms with van der Waals surface area (Å²) in [5.41, 5.74) is 2.49. The van der Waals surface area contributed by atoms with Crippen molar-refractivity contribution in [1.29, 1.82) is 0 Å². The van der Waals surface area contributed by atoms with E-state index in [2.05, 4.69) is 9.40 Å². The van der Waals surface area contributed by atoms with Crippen molar-refractivity contribution in [2.24, 2.45) is 7.05 Å². The van der Waals surface area contributed by atoms with Crippen molar-refractivity contribution in [3.8, 4) is 0 Å². The lowest BCUT2D eigenvalue weighted by Gasteiger charge is -2.26. The number of carboxylic acid groups (broad SMARTS) is 1. The molecule has 0 atom stereocenters. The number of aromatic carboxylic acids is 1. The molecule has 0 aliphatic carbocycles. The highest BCUT2D eigenvalue weighted by atomic mass is 32.2. The minimum Gasteiger partial charge on any atom is -0.477 e. The summed E-state index contributed by atoms with van der Waals surface area (Å²) in [7, 11) is 1.79. The molecule has 0 radical (unpaired) electrons. The molecule has 0 spiro atoms. The van der Waals surface area contributed by atoms with Crippen LogP contribution in [0.3, 0.4) is 0 Å². The molecule has 3 rings (SSSR count). The first-order valence-corrected chi connectivity index (χ1v) is 7.17. The number of aromatic nitrogens is 3. The van der Waals surface area contributed by atoms with Crippen molar-refractivity contribution in [2.45, 2.75) is 24.9 Å². The number of carboxylic acids is 1. The molecule has 0 aromatic carbocycles. The fraction of sp³-hybridized carbons (Fsp3) is 0.385. The molecule has 3 heterocycles. The topological polar surface area (TPSA) is 63.3 Å². The molecular weight excluding hydrogens is 276 g/mol. The van der Waals surface area contributed by atoms with E-state index >= 15 is 0 Å². The van der Waals surface area contributed by atoms with Gasteiger partial charge in [0.1, 0.15) is 5.69 Å². The molecule has 0 bridgehead atoms. The average Bonchev–Trinajstić information content (AvgIpc) is 2.98. The fourth-order valence-corrected chi connectivity index (χ4v) is 3.43. The molecule has 1 aliphatic heterocycles. The van der Waals surface area contributed by atoms with E-state index in [1.54, 1.807) is 29.6 Å². The monoisotopic (exact) mass is 292 g/mol. The normalized spacial score (nSPS) is 15.3. The van der Waals surface area contributed by atoms with Crippen LogP contribution >= 0.6 is 11.9 Å². The maximum atomic E-state index is 11.2. The summed E-state index contributed by atoms with van der Waals surface area (Å²) < 4.78 is 5.97. The molecule has 0 fully saturated rings. The average molecular weight is 292 g/mol. The Hall–Kier alpha value is -1.73. The number of carbonyl (C=O) groups is 1. The highest BCUT2D eigenvalue weighted by Gasteiger charge is 2.21. The smallest absolute Gasteiger partial charge is 0.352 e. The molecule has 1 aliphatic rings. The molecule has 20 heavy (non-hydrogen) atoms. The van der Waals surface area contributed by atoms with Crippen molar-refractivity contribution in [2.75, 3.05) is 6.54 Å². The third kappa shape index (κ3) is 2.23. The Balaban J connectivity index is 1.79. The van der Waals surface area contributed by atoms with Crippen LogP contribution in [0.4, 0.5) is 0 Å². The van der Waals surface area contributed by atoms with E-state index in [0.717, 1.165) is 30.2 Å². The SMILES string of the molecule is Cc1c(SN2CCn3nccc3C2)cc(C(=O)O)n1C. The molecule has 106 valence electrons. The van der Waals surface area contributed by atoms with Gasteiger partial charge in [-0.25, -0.2) is 9.10 Å². The van der Waals surface area contributed by atoms with Gasteiger partial charge in [0.15, 0.2) is 0 Å². The van der Waals surface area contributed by atoms with Gasteiger partial charge in [0.05, 0.1) is 18.8 Å². The number of hydrogen-bond donors (Lipinski definition) is 1. The molecule has 7 heteroatoms. The lowest BCUT2D eigenvalue weighted by Crippen LogP contribution is -2.28. The fourth-order valence-electron chi connectivity index (χ4n) is 2.35. The molecule has 0 amide bonds. The van der Waals surface area contributed by atoms with E-state index in [1.807, 2.05) is 23.9 Å². The van der Waals surface area contributed by atoms with Gasteiger partial charge in [-0.05, 0) is 31.0 Å². The lowest BCUT2D eigenvalue weighted by atomic mass is 10.3. The van der Waals surface area contributed by atoms with Gasteiger partial charge in [0.25, 0.3) is 0 Å². The van der Waals surface area contributed by atoms with Crippen LogP contribution in [0, 0.1) is 6.92 Å². The highest BCUT2D eigenvalue weighted by Crippen LogP contribution is 2.31. The van der Waals surface area contributed by atoms with Crippen LogP contribution in [0.25, 0.3) is 0 Å². The quantitative estimate of drug-likeness (QED) is 0.873. The Bertz CT molecular complexity index is 661. The summed E-state index contributed by atoms with van der Waals surface area (Å²) >= 11 is 1.62. The Morgan fingerprint density at radius 2 is 2.25 bits per heavy atom. The predicted octanol–water partition coefficient (Wildman–Crippen LogP) is 1.75. The maximum Gasteiger partial charge on any atom is 0.352 e. The summed E-state index contributed by atoms with van der Waals surface area (Å²) in [6.45, 7) is 4.54. The summed E-state index contributed by atoms with van der Waals surface area (Å²) in [4.78, 5) is 12.2. The van der Waals surface area contributed by atoms with Gasteiger partial charge in [0.2, 0.25) is 0 Å². The molecule has 0 saturated heterocycles. The van der Waals surface area contributed by atoms with Crippen LogP contribution in [-0.2, 0) is 20.1 Å². The number of rotatable bonds is 3. The zero-order valence-corrected chi connectivity index (χ0v) is 12.2.